The minimum atomic E-state index is -0.620. The Kier molecular flexibility index (Phi) is 3.39. The van der Waals surface area contributed by atoms with E-state index in [0.717, 1.165) is 18.3 Å². The van der Waals surface area contributed by atoms with Gasteiger partial charge in [-0.15, -0.1) is 0 Å². The fourth-order valence-corrected chi connectivity index (χ4v) is 1.87. The van der Waals surface area contributed by atoms with E-state index in [9.17, 15) is 8.78 Å². The second kappa shape index (κ2) is 4.72. The van der Waals surface area contributed by atoms with E-state index in [4.69, 9.17) is 0 Å². The van der Waals surface area contributed by atoms with Gasteiger partial charge in [0.1, 0.15) is 5.82 Å². The van der Waals surface area contributed by atoms with Gasteiger partial charge >= 0.3 is 0 Å². The SMILES string of the molecule is C[n+]1cn(-c2ccc(F)cc2F)nc1CC(C)(C)C. The molecule has 0 aliphatic carbocycles. The molecule has 5 heteroatoms. The van der Waals surface area contributed by atoms with Crippen molar-refractivity contribution in [1.29, 1.82) is 0 Å². The molecule has 0 amide bonds. The van der Waals surface area contributed by atoms with Crippen LogP contribution in [-0.4, -0.2) is 9.78 Å². The highest BCUT2D eigenvalue weighted by molar-refractivity contribution is 5.31. The zero-order valence-corrected chi connectivity index (χ0v) is 11.6. The molecule has 0 atom stereocenters. The van der Waals surface area contributed by atoms with Gasteiger partial charge in [-0.1, -0.05) is 25.5 Å². The van der Waals surface area contributed by atoms with Gasteiger partial charge < -0.3 is 0 Å². The van der Waals surface area contributed by atoms with Gasteiger partial charge in [-0.05, 0) is 17.5 Å². The molecule has 19 heavy (non-hydrogen) atoms. The standard InChI is InChI=1S/C14H18F2N3/c1-14(2,3)8-13-17-19(9-18(13)4)12-6-5-10(15)7-11(12)16/h5-7,9H,8H2,1-4H3/q+1. The van der Waals surface area contributed by atoms with Crippen LogP contribution in [0.25, 0.3) is 5.69 Å². The second-order valence-electron chi connectivity index (χ2n) is 5.92. The van der Waals surface area contributed by atoms with Crippen molar-refractivity contribution in [3.05, 3.63) is 42.0 Å². The van der Waals surface area contributed by atoms with Crippen LogP contribution >= 0.6 is 0 Å². The number of nitrogens with zero attached hydrogens (tertiary/aromatic N) is 3. The largest absolute Gasteiger partial charge is 0.278 e. The summed E-state index contributed by atoms with van der Waals surface area (Å²) in [6, 6.07) is 3.47. The number of hydrogen-bond donors (Lipinski definition) is 0. The number of halogens is 2. The van der Waals surface area contributed by atoms with Crippen molar-refractivity contribution in [3.63, 3.8) is 0 Å². The Hall–Kier alpha value is -1.78. The fraction of sp³-hybridized carbons (Fsp3) is 0.429. The topological polar surface area (TPSA) is 21.7 Å². The van der Waals surface area contributed by atoms with E-state index in [1.807, 2.05) is 11.6 Å². The molecular weight excluding hydrogens is 248 g/mol. The molecule has 0 N–H and O–H groups in total. The maximum atomic E-state index is 13.7. The second-order valence-corrected chi connectivity index (χ2v) is 5.92. The molecule has 0 saturated carbocycles. The predicted octanol–water partition coefficient (Wildman–Crippen LogP) is 2.56. The first-order valence-corrected chi connectivity index (χ1v) is 6.16. The normalized spacial score (nSPS) is 11.9. The van der Waals surface area contributed by atoms with E-state index in [1.54, 1.807) is 6.33 Å². The third-order valence-corrected chi connectivity index (χ3v) is 2.76. The van der Waals surface area contributed by atoms with Crippen LogP contribution < -0.4 is 4.57 Å². The van der Waals surface area contributed by atoms with Crippen molar-refractivity contribution < 1.29 is 13.3 Å². The Bertz CT molecular complexity index is 597. The Morgan fingerprint density at radius 3 is 2.53 bits per heavy atom. The Labute approximate surface area is 111 Å². The average molecular weight is 266 g/mol. The predicted molar refractivity (Wildman–Crippen MR) is 67.8 cm³/mol. The molecule has 0 unspecified atom stereocenters. The molecule has 102 valence electrons. The first kappa shape index (κ1) is 13.6. The number of rotatable bonds is 2. The summed E-state index contributed by atoms with van der Waals surface area (Å²) in [5.74, 6) is -0.352. The van der Waals surface area contributed by atoms with Gasteiger partial charge in [-0.2, -0.15) is 0 Å². The van der Waals surface area contributed by atoms with Crippen molar-refractivity contribution in [2.24, 2.45) is 12.5 Å². The van der Waals surface area contributed by atoms with E-state index in [2.05, 4.69) is 25.9 Å². The summed E-state index contributed by atoms with van der Waals surface area (Å²) in [5.41, 5.74) is 0.343. The first-order valence-electron chi connectivity index (χ1n) is 6.16. The molecular formula is C14H18F2N3+. The lowest BCUT2D eigenvalue weighted by molar-refractivity contribution is -0.680. The van der Waals surface area contributed by atoms with Gasteiger partial charge in [0.2, 0.25) is 6.33 Å². The monoisotopic (exact) mass is 266 g/mol. The molecule has 0 spiro atoms. The highest BCUT2D eigenvalue weighted by Crippen LogP contribution is 2.18. The third kappa shape index (κ3) is 3.16. The van der Waals surface area contributed by atoms with Crippen LogP contribution in [0.4, 0.5) is 8.78 Å². The highest BCUT2D eigenvalue weighted by Gasteiger charge is 2.23. The summed E-state index contributed by atoms with van der Waals surface area (Å²) in [7, 11) is 1.87. The van der Waals surface area contributed by atoms with Crippen LogP contribution in [0, 0.1) is 17.0 Å². The highest BCUT2D eigenvalue weighted by atomic mass is 19.1. The number of aryl methyl sites for hydroxylation is 1. The molecule has 1 aromatic heterocycles. The summed E-state index contributed by atoms with van der Waals surface area (Å²) < 4.78 is 29.9. The van der Waals surface area contributed by atoms with Gasteiger partial charge in [-0.25, -0.2) is 13.3 Å². The lowest BCUT2D eigenvalue weighted by Gasteiger charge is -2.13. The Balaban J connectivity index is 2.39. The minimum absolute atomic E-state index is 0.0955. The van der Waals surface area contributed by atoms with Gasteiger partial charge in [0.15, 0.2) is 11.5 Å². The summed E-state index contributed by atoms with van der Waals surface area (Å²) in [6.45, 7) is 6.35. The van der Waals surface area contributed by atoms with Crippen molar-refractivity contribution in [1.82, 2.24) is 9.78 Å². The maximum Gasteiger partial charge on any atom is 0.278 e. The molecule has 2 aromatic rings. The zero-order chi connectivity index (χ0) is 14.2. The Morgan fingerprint density at radius 2 is 1.95 bits per heavy atom. The minimum Gasteiger partial charge on any atom is -0.237 e. The maximum absolute atomic E-state index is 13.7. The summed E-state index contributed by atoms with van der Waals surface area (Å²) in [5, 5.41) is 4.37. The molecule has 3 nitrogen and oxygen atoms in total. The quantitative estimate of drug-likeness (QED) is 0.766. The van der Waals surface area contributed by atoms with Crippen molar-refractivity contribution >= 4 is 0 Å². The zero-order valence-electron chi connectivity index (χ0n) is 11.6. The van der Waals surface area contributed by atoms with Crippen LogP contribution in [0.1, 0.15) is 26.6 Å². The van der Waals surface area contributed by atoms with Crippen LogP contribution in [0.15, 0.2) is 24.5 Å². The first-order chi connectivity index (χ1) is 8.76. The van der Waals surface area contributed by atoms with E-state index in [1.165, 1.54) is 16.8 Å². The molecule has 0 bridgehead atoms. The van der Waals surface area contributed by atoms with Crippen molar-refractivity contribution in [3.8, 4) is 5.69 Å². The molecule has 1 aromatic carbocycles. The Morgan fingerprint density at radius 1 is 1.26 bits per heavy atom. The van der Waals surface area contributed by atoms with Crippen molar-refractivity contribution in [2.75, 3.05) is 0 Å². The molecule has 0 aliphatic rings. The lowest BCUT2D eigenvalue weighted by Crippen LogP contribution is -2.33. The lowest BCUT2D eigenvalue weighted by atomic mass is 9.92. The number of aromatic nitrogens is 3. The molecule has 0 aliphatic heterocycles. The summed E-state index contributed by atoms with van der Waals surface area (Å²) in [6.07, 6.45) is 2.47. The molecule has 0 saturated heterocycles. The number of benzene rings is 1. The van der Waals surface area contributed by atoms with Crippen LogP contribution in [-0.2, 0) is 13.5 Å². The average Bonchev–Trinajstić information content (AvgIpc) is 2.57. The van der Waals surface area contributed by atoms with Crippen LogP contribution in [0.5, 0.6) is 0 Å². The van der Waals surface area contributed by atoms with Gasteiger partial charge in [-0.3, -0.25) is 0 Å². The van der Waals surface area contributed by atoms with Gasteiger partial charge in [0.25, 0.3) is 5.82 Å². The van der Waals surface area contributed by atoms with E-state index in [0.29, 0.717) is 0 Å². The van der Waals surface area contributed by atoms with Crippen LogP contribution in [0.2, 0.25) is 0 Å². The van der Waals surface area contributed by atoms with Gasteiger partial charge in [0, 0.05) is 17.6 Å². The van der Waals surface area contributed by atoms with E-state index >= 15 is 0 Å². The third-order valence-electron chi connectivity index (χ3n) is 2.76. The molecule has 1 heterocycles. The number of hydrogen-bond acceptors (Lipinski definition) is 1. The fourth-order valence-electron chi connectivity index (χ4n) is 1.87. The van der Waals surface area contributed by atoms with E-state index < -0.39 is 11.6 Å². The molecule has 2 rings (SSSR count). The van der Waals surface area contributed by atoms with Crippen molar-refractivity contribution in [2.45, 2.75) is 27.2 Å². The van der Waals surface area contributed by atoms with Crippen LogP contribution in [0.3, 0.4) is 0 Å². The smallest absolute Gasteiger partial charge is 0.237 e. The van der Waals surface area contributed by atoms with E-state index in [-0.39, 0.29) is 11.1 Å². The van der Waals surface area contributed by atoms with Gasteiger partial charge in [0.05, 0.1) is 7.05 Å². The molecule has 0 radical (unpaired) electrons. The molecule has 0 fully saturated rings. The summed E-state index contributed by atoms with van der Waals surface area (Å²) >= 11 is 0. The summed E-state index contributed by atoms with van der Waals surface area (Å²) in [4.78, 5) is 0.